The Morgan fingerprint density at radius 3 is 1.33 bits per heavy atom. The SMILES string of the molecule is c1cc2c3c(c1)-c1cccc4c5ccccc5n(c14)B3c1cc3c(cc1S2)Sc1cccc2c1B3n1c3ccccc3c3cccc-2c31. The van der Waals surface area contributed by atoms with Crippen molar-refractivity contribution in [3.63, 3.8) is 0 Å². The summed E-state index contributed by atoms with van der Waals surface area (Å²) in [6.07, 6.45) is 0. The Morgan fingerprint density at radius 1 is 0.375 bits per heavy atom. The number of aromatic nitrogens is 2. The van der Waals surface area contributed by atoms with E-state index in [9.17, 15) is 0 Å². The van der Waals surface area contributed by atoms with Gasteiger partial charge in [0, 0.05) is 74.3 Å². The zero-order valence-corrected chi connectivity index (χ0v) is 27.2. The van der Waals surface area contributed by atoms with Crippen LogP contribution in [0.3, 0.4) is 0 Å². The summed E-state index contributed by atoms with van der Waals surface area (Å²) in [6.45, 7) is 0.211. The first kappa shape index (κ1) is 25.0. The van der Waals surface area contributed by atoms with Crippen LogP contribution in [0, 0.1) is 0 Å². The van der Waals surface area contributed by atoms with Crippen molar-refractivity contribution in [3.05, 3.63) is 133 Å². The van der Waals surface area contributed by atoms with Crippen molar-refractivity contribution >= 4 is 103 Å². The van der Waals surface area contributed by atoms with Crippen molar-refractivity contribution in [2.75, 3.05) is 0 Å². The van der Waals surface area contributed by atoms with Crippen molar-refractivity contribution in [2.45, 2.75) is 19.6 Å². The maximum Gasteiger partial charge on any atom is 0.331 e. The second-order valence-corrected chi connectivity index (χ2v) is 15.7. The van der Waals surface area contributed by atoms with Crippen LogP contribution in [0.2, 0.25) is 0 Å². The van der Waals surface area contributed by atoms with Crippen LogP contribution in [-0.4, -0.2) is 22.7 Å². The Balaban J connectivity index is 1.16. The quantitative estimate of drug-likeness (QED) is 0.155. The van der Waals surface area contributed by atoms with Gasteiger partial charge in [-0.05, 0) is 63.3 Å². The molecule has 0 radical (unpaired) electrons. The third-order valence-corrected chi connectivity index (χ3v) is 13.7. The molecular weight excluding hydrogens is 618 g/mol. The molecule has 0 N–H and O–H groups in total. The summed E-state index contributed by atoms with van der Waals surface area (Å²) in [5.74, 6) is 0. The highest BCUT2D eigenvalue weighted by atomic mass is 32.2. The molecule has 0 spiro atoms. The zero-order chi connectivity index (χ0) is 30.8. The molecule has 0 unspecified atom stereocenters. The van der Waals surface area contributed by atoms with E-state index in [1.54, 1.807) is 0 Å². The number of fused-ring (bicyclic) bond motifs is 14. The molecule has 0 bridgehead atoms. The molecule has 2 nitrogen and oxygen atoms in total. The average molecular weight is 640 g/mol. The molecule has 13 rings (SSSR count). The highest BCUT2D eigenvalue weighted by Crippen LogP contribution is 2.46. The van der Waals surface area contributed by atoms with Crippen LogP contribution < -0.4 is 21.9 Å². The molecule has 6 heterocycles. The van der Waals surface area contributed by atoms with E-state index < -0.39 is 0 Å². The number of rotatable bonds is 0. The molecule has 0 atom stereocenters. The number of hydrogen-bond acceptors (Lipinski definition) is 2. The van der Waals surface area contributed by atoms with Crippen LogP contribution >= 0.6 is 23.5 Å². The first-order valence-electron chi connectivity index (χ1n) is 16.7. The number of hydrogen-bond donors (Lipinski definition) is 0. The van der Waals surface area contributed by atoms with E-state index in [1.807, 2.05) is 23.5 Å². The van der Waals surface area contributed by atoms with Crippen LogP contribution in [0.15, 0.2) is 153 Å². The number of benzene rings is 7. The van der Waals surface area contributed by atoms with Crippen molar-refractivity contribution in [1.82, 2.24) is 8.96 Å². The largest absolute Gasteiger partial charge is 0.375 e. The van der Waals surface area contributed by atoms with E-state index in [2.05, 4.69) is 142 Å². The normalized spacial score (nSPS) is 14.4. The van der Waals surface area contributed by atoms with Gasteiger partial charge in [-0.25, -0.2) is 0 Å². The molecule has 4 aliphatic heterocycles. The molecule has 2 aromatic heterocycles. The van der Waals surface area contributed by atoms with E-state index in [4.69, 9.17) is 0 Å². The third kappa shape index (κ3) is 2.80. The first-order valence-corrected chi connectivity index (χ1v) is 18.3. The molecule has 6 heteroatoms. The van der Waals surface area contributed by atoms with Crippen LogP contribution in [0.1, 0.15) is 0 Å². The summed E-state index contributed by atoms with van der Waals surface area (Å²) in [7, 11) is 0. The molecule has 9 aromatic rings. The fraction of sp³-hybridized carbons (Fsp3) is 0. The molecule has 48 heavy (non-hydrogen) atoms. The van der Waals surface area contributed by atoms with Gasteiger partial charge in [0.1, 0.15) is 0 Å². The summed E-state index contributed by atoms with van der Waals surface area (Å²) in [6, 6.07) is 50.8. The van der Waals surface area contributed by atoms with Gasteiger partial charge in [0.05, 0.1) is 0 Å². The van der Waals surface area contributed by atoms with Gasteiger partial charge >= 0.3 is 13.7 Å². The van der Waals surface area contributed by atoms with Crippen molar-refractivity contribution in [1.29, 1.82) is 0 Å². The Morgan fingerprint density at radius 2 is 0.812 bits per heavy atom. The van der Waals surface area contributed by atoms with E-state index in [0.29, 0.717) is 0 Å². The van der Waals surface area contributed by atoms with Gasteiger partial charge in [0.15, 0.2) is 0 Å². The van der Waals surface area contributed by atoms with Crippen molar-refractivity contribution < 1.29 is 0 Å². The highest BCUT2D eigenvalue weighted by molar-refractivity contribution is 8.01. The third-order valence-electron chi connectivity index (χ3n) is 11.4. The smallest absolute Gasteiger partial charge is 0.331 e. The second-order valence-electron chi connectivity index (χ2n) is 13.5. The summed E-state index contributed by atoms with van der Waals surface area (Å²) >= 11 is 3.91. The van der Waals surface area contributed by atoms with Gasteiger partial charge in [-0.3, -0.25) is 0 Å². The average Bonchev–Trinajstić information content (AvgIpc) is 3.65. The van der Waals surface area contributed by atoms with Crippen LogP contribution in [-0.2, 0) is 0 Å². The predicted molar refractivity (Wildman–Crippen MR) is 205 cm³/mol. The van der Waals surface area contributed by atoms with E-state index >= 15 is 0 Å². The van der Waals surface area contributed by atoms with Crippen molar-refractivity contribution in [3.8, 4) is 22.3 Å². The minimum absolute atomic E-state index is 0.106. The molecule has 0 aliphatic carbocycles. The molecule has 0 saturated heterocycles. The summed E-state index contributed by atoms with van der Waals surface area (Å²) in [5.41, 5.74) is 16.5. The minimum atomic E-state index is 0.106. The minimum Gasteiger partial charge on any atom is -0.375 e. The van der Waals surface area contributed by atoms with Gasteiger partial charge in [0.25, 0.3) is 0 Å². The van der Waals surface area contributed by atoms with Crippen LogP contribution in [0.4, 0.5) is 0 Å². The van der Waals surface area contributed by atoms with Gasteiger partial charge < -0.3 is 8.96 Å². The van der Waals surface area contributed by atoms with Crippen LogP contribution in [0.25, 0.3) is 65.9 Å². The Kier molecular flexibility index (Phi) is 4.44. The Hall–Kier alpha value is -5.03. The predicted octanol–water partition coefficient (Wildman–Crippen LogP) is 8.10. The maximum absolute atomic E-state index is 2.67. The summed E-state index contributed by atoms with van der Waals surface area (Å²) < 4.78 is 5.34. The van der Waals surface area contributed by atoms with E-state index in [1.165, 1.54) is 107 Å². The molecule has 7 aromatic carbocycles. The highest BCUT2D eigenvalue weighted by Gasteiger charge is 2.44. The fourth-order valence-electron chi connectivity index (χ4n) is 9.66. The fourth-order valence-corrected chi connectivity index (χ4v) is 12.1. The zero-order valence-electron chi connectivity index (χ0n) is 25.6. The van der Waals surface area contributed by atoms with E-state index in [0.717, 1.165) is 0 Å². The molecule has 0 saturated carbocycles. The van der Waals surface area contributed by atoms with Gasteiger partial charge in [-0.15, -0.1) is 0 Å². The van der Waals surface area contributed by atoms with Crippen LogP contribution in [0.5, 0.6) is 0 Å². The first-order chi connectivity index (χ1) is 23.8. The van der Waals surface area contributed by atoms with Gasteiger partial charge in [-0.1, -0.05) is 127 Å². The molecular formula is C42H22B2N2S2. The summed E-state index contributed by atoms with van der Waals surface area (Å²) in [4.78, 5) is 5.50. The lowest BCUT2D eigenvalue weighted by molar-refractivity contribution is 1.25. The number of nitrogens with zero attached hydrogens (tertiary/aromatic N) is 2. The topological polar surface area (TPSA) is 9.86 Å². The number of para-hydroxylation sites is 4. The molecule has 218 valence electrons. The van der Waals surface area contributed by atoms with Gasteiger partial charge in [-0.2, -0.15) is 0 Å². The monoisotopic (exact) mass is 640 g/mol. The Labute approximate surface area is 285 Å². The second kappa shape index (κ2) is 8.51. The lowest BCUT2D eigenvalue weighted by Crippen LogP contribution is -2.59. The maximum atomic E-state index is 2.67. The molecule has 4 aliphatic rings. The standard InChI is InChI=1S/C42H22B2N2S2/c1-3-17-33-23(9-1)27-13-5-15-29-25-11-7-19-35-39(25)43(45(33)41(27)29)31-21-32-38(22-37(31)47-35)48-36-20-8-12-26-30-16-6-14-28-24-10-2-4-18-34(24)46(42(28)30)44(32)40(26)36/h1-22H. The Bertz CT molecular complexity index is 2790. The lowest BCUT2D eigenvalue weighted by Gasteiger charge is -2.37. The van der Waals surface area contributed by atoms with Crippen molar-refractivity contribution in [2.24, 2.45) is 0 Å². The molecule has 0 fully saturated rings. The van der Waals surface area contributed by atoms with E-state index in [-0.39, 0.29) is 13.7 Å². The van der Waals surface area contributed by atoms with Gasteiger partial charge in [0.2, 0.25) is 0 Å². The lowest BCUT2D eigenvalue weighted by atomic mass is 9.43. The summed E-state index contributed by atoms with van der Waals surface area (Å²) in [5, 5.41) is 5.36. The molecule has 0 amide bonds.